The van der Waals surface area contributed by atoms with Crippen LogP contribution in [0.5, 0.6) is 0 Å². The molecule has 0 amide bonds. The van der Waals surface area contributed by atoms with Crippen LogP contribution < -0.4 is 0 Å². The summed E-state index contributed by atoms with van der Waals surface area (Å²) in [6, 6.07) is 6.53. The summed E-state index contributed by atoms with van der Waals surface area (Å²) in [5.74, 6) is 0. The molecule has 0 aliphatic carbocycles. The lowest BCUT2D eigenvalue weighted by Gasteiger charge is -2.29. The smallest absolute Gasteiger partial charge is 0.0923 e. The third-order valence-electron chi connectivity index (χ3n) is 3.97. The zero-order chi connectivity index (χ0) is 12.5. The molecule has 1 atom stereocenters. The van der Waals surface area contributed by atoms with Crippen molar-refractivity contribution in [2.45, 2.75) is 39.5 Å². The zero-order valence-electron chi connectivity index (χ0n) is 11.0. The van der Waals surface area contributed by atoms with Crippen molar-refractivity contribution in [1.82, 2.24) is 9.97 Å². The van der Waals surface area contributed by atoms with Gasteiger partial charge in [0.05, 0.1) is 12.0 Å². The van der Waals surface area contributed by atoms with E-state index in [1.165, 1.54) is 16.7 Å². The highest BCUT2D eigenvalue weighted by Gasteiger charge is 2.30. The van der Waals surface area contributed by atoms with Gasteiger partial charge < -0.3 is 4.98 Å². The fraction of sp³-hybridized carbons (Fsp3) is 0.400. The Labute approximate surface area is 103 Å². The average Bonchev–Trinajstić information content (AvgIpc) is 2.86. The van der Waals surface area contributed by atoms with E-state index in [-0.39, 0.29) is 5.41 Å². The van der Waals surface area contributed by atoms with E-state index in [2.05, 4.69) is 55.9 Å². The number of aromatic nitrogens is 2. The summed E-state index contributed by atoms with van der Waals surface area (Å²) in [7, 11) is 0. The molecule has 1 heterocycles. The Hall–Kier alpha value is -1.57. The molecule has 1 aromatic carbocycles. The van der Waals surface area contributed by atoms with Crippen molar-refractivity contribution >= 4 is 0 Å². The van der Waals surface area contributed by atoms with Crippen LogP contribution in [0.2, 0.25) is 0 Å². The second-order valence-electron chi connectivity index (χ2n) is 4.89. The lowest BCUT2D eigenvalue weighted by Crippen LogP contribution is -2.24. The van der Waals surface area contributed by atoms with Crippen LogP contribution in [0.3, 0.4) is 0 Å². The van der Waals surface area contributed by atoms with E-state index in [1.54, 1.807) is 6.33 Å². The van der Waals surface area contributed by atoms with Crippen LogP contribution in [0.15, 0.2) is 30.7 Å². The molecule has 0 saturated heterocycles. The van der Waals surface area contributed by atoms with Gasteiger partial charge in [0.25, 0.3) is 0 Å². The zero-order valence-corrected chi connectivity index (χ0v) is 11.0. The molecule has 0 aliphatic heterocycles. The van der Waals surface area contributed by atoms with Gasteiger partial charge in [-0.15, -0.1) is 0 Å². The molecule has 17 heavy (non-hydrogen) atoms. The standard InChI is InChI=1S/C15H20N2/c1-5-15(4,14-9-16-10-17-14)13-8-6-7-11(2)12(13)3/h6-10H,5H2,1-4H3,(H,16,17). The lowest BCUT2D eigenvalue weighted by atomic mass is 9.75. The van der Waals surface area contributed by atoms with E-state index in [0.29, 0.717) is 0 Å². The SMILES string of the molecule is CCC(C)(c1c[nH]cn1)c1cccc(C)c1C. The fourth-order valence-corrected chi connectivity index (χ4v) is 2.42. The summed E-state index contributed by atoms with van der Waals surface area (Å²) in [6.07, 6.45) is 4.81. The molecule has 2 heteroatoms. The Balaban J connectivity index is 2.60. The van der Waals surface area contributed by atoms with Crippen LogP contribution in [-0.2, 0) is 5.41 Å². The molecule has 0 saturated carbocycles. The highest BCUT2D eigenvalue weighted by Crippen LogP contribution is 2.36. The van der Waals surface area contributed by atoms with Gasteiger partial charge in [-0.05, 0) is 43.9 Å². The Morgan fingerprint density at radius 3 is 2.65 bits per heavy atom. The van der Waals surface area contributed by atoms with E-state index in [0.717, 1.165) is 12.1 Å². The molecule has 2 rings (SSSR count). The van der Waals surface area contributed by atoms with Crippen molar-refractivity contribution < 1.29 is 0 Å². The second-order valence-corrected chi connectivity index (χ2v) is 4.89. The van der Waals surface area contributed by atoms with Crippen molar-refractivity contribution in [2.24, 2.45) is 0 Å². The van der Waals surface area contributed by atoms with Gasteiger partial charge in [0.1, 0.15) is 0 Å². The minimum Gasteiger partial charge on any atom is -0.351 e. The molecule has 0 radical (unpaired) electrons. The van der Waals surface area contributed by atoms with E-state index < -0.39 is 0 Å². The summed E-state index contributed by atoms with van der Waals surface area (Å²) in [5, 5.41) is 0. The number of aromatic amines is 1. The molecule has 0 fully saturated rings. The van der Waals surface area contributed by atoms with Crippen LogP contribution in [0, 0.1) is 13.8 Å². The molecular weight excluding hydrogens is 208 g/mol. The van der Waals surface area contributed by atoms with Gasteiger partial charge in [-0.1, -0.05) is 25.1 Å². The van der Waals surface area contributed by atoms with Gasteiger partial charge in [0.15, 0.2) is 0 Å². The van der Waals surface area contributed by atoms with Crippen LogP contribution >= 0.6 is 0 Å². The van der Waals surface area contributed by atoms with E-state index >= 15 is 0 Å². The number of rotatable bonds is 3. The quantitative estimate of drug-likeness (QED) is 0.851. The third-order valence-corrected chi connectivity index (χ3v) is 3.97. The summed E-state index contributed by atoms with van der Waals surface area (Å²) in [4.78, 5) is 7.51. The molecule has 0 aliphatic rings. The van der Waals surface area contributed by atoms with Crippen molar-refractivity contribution in [3.8, 4) is 0 Å². The fourth-order valence-electron chi connectivity index (χ4n) is 2.42. The Bertz CT molecular complexity index is 500. The van der Waals surface area contributed by atoms with Gasteiger partial charge in [0, 0.05) is 11.6 Å². The third kappa shape index (κ3) is 1.88. The lowest BCUT2D eigenvalue weighted by molar-refractivity contribution is 0.531. The summed E-state index contributed by atoms with van der Waals surface area (Å²) in [5.41, 5.74) is 5.22. The topological polar surface area (TPSA) is 28.7 Å². The highest BCUT2D eigenvalue weighted by atomic mass is 14.9. The second kappa shape index (κ2) is 4.36. The van der Waals surface area contributed by atoms with E-state index in [4.69, 9.17) is 0 Å². The largest absolute Gasteiger partial charge is 0.351 e. The highest BCUT2D eigenvalue weighted by molar-refractivity contribution is 5.42. The molecule has 1 unspecified atom stereocenters. The Kier molecular flexibility index (Phi) is 3.05. The van der Waals surface area contributed by atoms with Crippen molar-refractivity contribution in [3.05, 3.63) is 53.1 Å². The maximum absolute atomic E-state index is 4.45. The van der Waals surface area contributed by atoms with Crippen LogP contribution in [0.25, 0.3) is 0 Å². The first kappa shape index (κ1) is 11.9. The number of aryl methyl sites for hydroxylation is 1. The first-order valence-corrected chi connectivity index (χ1v) is 6.15. The summed E-state index contributed by atoms with van der Waals surface area (Å²) < 4.78 is 0. The van der Waals surface area contributed by atoms with Crippen LogP contribution in [0.1, 0.15) is 42.7 Å². The minimum absolute atomic E-state index is 0.00387. The number of nitrogens with zero attached hydrogens (tertiary/aromatic N) is 1. The minimum atomic E-state index is -0.00387. The number of imidazole rings is 1. The molecule has 2 nitrogen and oxygen atoms in total. The predicted octanol–water partition coefficient (Wildman–Crippen LogP) is 3.74. The monoisotopic (exact) mass is 228 g/mol. The van der Waals surface area contributed by atoms with Crippen molar-refractivity contribution in [3.63, 3.8) is 0 Å². The first-order chi connectivity index (χ1) is 8.09. The average molecular weight is 228 g/mol. The maximum atomic E-state index is 4.45. The van der Waals surface area contributed by atoms with E-state index in [1.807, 2.05) is 6.20 Å². The van der Waals surface area contributed by atoms with Crippen LogP contribution in [0.4, 0.5) is 0 Å². The molecule has 1 N–H and O–H groups in total. The number of nitrogens with one attached hydrogen (secondary N) is 1. The molecule has 90 valence electrons. The number of benzene rings is 1. The molecule has 1 aromatic heterocycles. The first-order valence-electron chi connectivity index (χ1n) is 6.15. The number of hydrogen-bond acceptors (Lipinski definition) is 1. The molecular formula is C15H20N2. The van der Waals surface area contributed by atoms with Gasteiger partial charge in [-0.25, -0.2) is 4.98 Å². The normalized spacial score (nSPS) is 14.6. The number of H-pyrrole nitrogens is 1. The molecule has 2 aromatic rings. The Morgan fingerprint density at radius 1 is 1.29 bits per heavy atom. The molecule has 0 spiro atoms. The van der Waals surface area contributed by atoms with Crippen molar-refractivity contribution in [2.75, 3.05) is 0 Å². The molecule has 0 bridgehead atoms. The number of hydrogen-bond donors (Lipinski definition) is 1. The van der Waals surface area contributed by atoms with Crippen LogP contribution in [-0.4, -0.2) is 9.97 Å². The van der Waals surface area contributed by atoms with Gasteiger partial charge in [0.2, 0.25) is 0 Å². The van der Waals surface area contributed by atoms with Crippen molar-refractivity contribution in [1.29, 1.82) is 0 Å². The summed E-state index contributed by atoms with van der Waals surface area (Å²) >= 11 is 0. The van der Waals surface area contributed by atoms with Gasteiger partial charge in [-0.2, -0.15) is 0 Å². The van der Waals surface area contributed by atoms with E-state index in [9.17, 15) is 0 Å². The summed E-state index contributed by atoms with van der Waals surface area (Å²) in [6.45, 7) is 8.85. The predicted molar refractivity (Wildman–Crippen MR) is 71.2 cm³/mol. The maximum Gasteiger partial charge on any atom is 0.0923 e. The van der Waals surface area contributed by atoms with Gasteiger partial charge in [-0.3, -0.25) is 0 Å². The Morgan fingerprint density at radius 2 is 2.06 bits per heavy atom. The van der Waals surface area contributed by atoms with Gasteiger partial charge >= 0.3 is 0 Å².